The van der Waals surface area contributed by atoms with E-state index in [-0.39, 0.29) is 12.3 Å². The van der Waals surface area contributed by atoms with Gasteiger partial charge in [0.2, 0.25) is 5.91 Å². The third-order valence-corrected chi connectivity index (χ3v) is 3.37. The Hall–Kier alpha value is -1.35. The number of hydrogen-bond donors (Lipinski definition) is 1. The lowest BCUT2D eigenvalue weighted by Gasteiger charge is -2.32. The highest BCUT2D eigenvalue weighted by Gasteiger charge is 2.27. The second-order valence-corrected chi connectivity index (χ2v) is 4.63. The number of piperidine rings is 1. The first-order chi connectivity index (χ1) is 8.13. The minimum atomic E-state index is -0.465. The van der Waals surface area contributed by atoms with Gasteiger partial charge < -0.3 is 10.0 Å². The molecule has 1 N–H and O–H groups in total. The van der Waals surface area contributed by atoms with Crippen LogP contribution in [0.5, 0.6) is 0 Å². The molecule has 17 heavy (non-hydrogen) atoms. The Morgan fingerprint density at radius 1 is 1.47 bits per heavy atom. The quantitative estimate of drug-likeness (QED) is 0.849. The third-order valence-electron chi connectivity index (χ3n) is 3.37. The van der Waals surface area contributed by atoms with Crippen LogP contribution in [0, 0.1) is 6.92 Å². The molecule has 1 amide bonds. The molecule has 1 aliphatic heterocycles. The number of hydrogen-bond acceptors (Lipinski definition) is 2. The van der Waals surface area contributed by atoms with Crippen LogP contribution in [0.3, 0.4) is 0 Å². The van der Waals surface area contributed by atoms with Gasteiger partial charge in [-0.2, -0.15) is 0 Å². The highest BCUT2D eigenvalue weighted by molar-refractivity contribution is 5.96. The van der Waals surface area contributed by atoms with Crippen LogP contribution in [0.1, 0.15) is 30.9 Å². The van der Waals surface area contributed by atoms with Gasteiger partial charge in [0.15, 0.2) is 0 Å². The fraction of sp³-hybridized carbons (Fsp3) is 0.500. The minimum Gasteiger partial charge on any atom is -0.393 e. The lowest BCUT2D eigenvalue weighted by atomic mass is 10.0. The molecule has 1 aromatic carbocycles. The fourth-order valence-electron chi connectivity index (χ4n) is 2.44. The van der Waals surface area contributed by atoms with Crippen molar-refractivity contribution < 1.29 is 9.90 Å². The minimum absolute atomic E-state index is 0.0350. The Balaban J connectivity index is 2.36. The molecule has 1 unspecified atom stereocenters. The van der Waals surface area contributed by atoms with Crippen LogP contribution in [-0.2, 0) is 11.2 Å². The van der Waals surface area contributed by atoms with E-state index in [2.05, 4.69) is 13.0 Å². The molecule has 1 aliphatic rings. The molecule has 92 valence electrons. The van der Waals surface area contributed by atoms with Crippen LogP contribution in [-0.4, -0.2) is 23.7 Å². The molecule has 1 saturated heterocycles. The van der Waals surface area contributed by atoms with Gasteiger partial charge >= 0.3 is 0 Å². The highest BCUT2D eigenvalue weighted by Crippen LogP contribution is 2.29. The predicted molar refractivity (Wildman–Crippen MR) is 68.2 cm³/mol. The molecule has 1 atom stereocenters. The van der Waals surface area contributed by atoms with Crippen molar-refractivity contribution in [3.8, 4) is 0 Å². The topological polar surface area (TPSA) is 40.5 Å². The zero-order valence-electron chi connectivity index (χ0n) is 10.4. The number of aliphatic hydroxyl groups excluding tert-OH is 1. The number of aliphatic hydroxyl groups is 1. The molecule has 2 rings (SSSR count). The van der Waals surface area contributed by atoms with E-state index >= 15 is 0 Å². The Morgan fingerprint density at radius 3 is 2.88 bits per heavy atom. The second kappa shape index (κ2) is 4.88. The van der Waals surface area contributed by atoms with Crippen molar-refractivity contribution in [1.82, 2.24) is 0 Å². The molecule has 1 heterocycles. The van der Waals surface area contributed by atoms with Gasteiger partial charge in [-0.25, -0.2) is 0 Å². The molecule has 1 fully saturated rings. The summed E-state index contributed by atoms with van der Waals surface area (Å²) in [6.07, 6.45) is 1.37. The lowest BCUT2D eigenvalue weighted by Crippen LogP contribution is -2.41. The van der Waals surface area contributed by atoms with Gasteiger partial charge in [0.1, 0.15) is 0 Å². The third kappa shape index (κ3) is 2.34. The van der Waals surface area contributed by atoms with E-state index in [0.29, 0.717) is 13.0 Å². The van der Waals surface area contributed by atoms with Gasteiger partial charge in [-0.15, -0.1) is 0 Å². The molecule has 0 spiro atoms. The standard InChI is InChI=1S/C14H19NO2/c1-3-11-6-4-5-10(2)14(11)15-8-7-12(16)9-13(15)17/h4-6,12,16H,3,7-9H2,1-2H3. The number of aryl methyl sites for hydroxylation is 2. The summed E-state index contributed by atoms with van der Waals surface area (Å²) in [7, 11) is 0. The van der Waals surface area contributed by atoms with Crippen LogP contribution in [0.2, 0.25) is 0 Å². The molecule has 0 aliphatic carbocycles. The summed E-state index contributed by atoms with van der Waals surface area (Å²) in [4.78, 5) is 13.8. The maximum atomic E-state index is 12.0. The Labute approximate surface area is 102 Å². The zero-order valence-corrected chi connectivity index (χ0v) is 10.4. The summed E-state index contributed by atoms with van der Waals surface area (Å²) in [5, 5.41) is 9.49. The normalized spacial score (nSPS) is 20.8. The number of nitrogens with zero attached hydrogens (tertiary/aromatic N) is 1. The van der Waals surface area contributed by atoms with Crippen molar-refractivity contribution >= 4 is 11.6 Å². The van der Waals surface area contributed by atoms with E-state index in [1.54, 1.807) is 0 Å². The molecule has 0 aromatic heterocycles. The van der Waals surface area contributed by atoms with Crippen LogP contribution in [0.4, 0.5) is 5.69 Å². The summed E-state index contributed by atoms with van der Waals surface area (Å²) in [6.45, 7) is 4.76. The zero-order chi connectivity index (χ0) is 12.4. The van der Waals surface area contributed by atoms with Crippen LogP contribution in [0.15, 0.2) is 18.2 Å². The lowest BCUT2D eigenvalue weighted by molar-refractivity contribution is -0.122. The number of amides is 1. The molecule has 0 bridgehead atoms. The Bertz CT molecular complexity index is 428. The first-order valence-electron chi connectivity index (χ1n) is 6.20. The number of anilines is 1. The van der Waals surface area contributed by atoms with E-state index in [4.69, 9.17) is 0 Å². The average Bonchev–Trinajstić information content (AvgIpc) is 2.30. The largest absolute Gasteiger partial charge is 0.393 e. The Kier molecular flexibility index (Phi) is 3.48. The van der Waals surface area contributed by atoms with Crippen LogP contribution >= 0.6 is 0 Å². The summed E-state index contributed by atoms with van der Waals surface area (Å²) < 4.78 is 0. The van der Waals surface area contributed by atoms with E-state index < -0.39 is 6.10 Å². The van der Waals surface area contributed by atoms with Crippen LogP contribution < -0.4 is 4.90 Å². The smallest absolute Gasteiger partial charge is 0.229 e. The van der Waals surface area contributed by atoms with Gasteiger partial charge in [-0.05, 0) is 30.9 Å². The van der Waals surface area contributed by atoms with Gasteiger partial charge in [-0.1, -0.05) is 25.1 Å². The monoisotopic (exact) mass is 233 g/mol. The number of benzene rings is 1. The van der Waals surface area contributed by atoms with Gasteiger partial charge in [-0.3, -0.25) is 4.79 Å². The molecule has 1 aromatic rings. The molecular weight excluding hydrogens is 214 g/mol. The fourth-order valence-corrected chi connectivity index (χ4v) is 2.44. The molecule has 0 radical (unpaired) electrons. The van der Waals surface area contributed by atoms with E-state index in [9.17, 15) is 9.90 Å². The SMILES string of the molecule is CCc1cccc(C)c1N1CCC(O)CC1=O. The number of para-hydroxylation sites is 1. The number of carbonyl (C=O) groups is 1. The molecule has 3 heteroatoms. The summed E-state index contributed by atoms with van der Waals surface area (Å²) in [6, 6.07) is 6.13. The first kappa shape index (κ1) is 12.1. The predicted octanol–water partition coefficient (Wildman–Crippen LogP) is 2.05. The van der Waals surface area contributed by atoms with Gasteiger partial charge in [0.05, 0.1) is 12.5 Å². The highest BCUT2D eigenvalue weighted by atomic mass is 16.3. The molecule has 0 saturated carbocycles. The summed E-state index contributed by atoms with van der Waals surface area (Å²) >= 11 is 0. The number of carbonyl (C=O) groups excluding carboxylic acids is 1. The van der Waals surface area contributed by atoms with E-state index in [1.165, 1.54) is 5.56 Å². The molecule has 3 nitrogen and oxygen atoms in total. The Morgan fingerprint density at radius 2 is 2.24 bits per heavy atom. The van der Waals surface area contributed by atoms with Crippen molar-refractivity contribution in [1.29, 1.82) is 0 Å². The van der Waals surface area contributed by atoms with Gasteiger partial charge in [0.25, 0.3) is 0 Å². The molecular formula is C14H19NO2. The van der Waals surface area contributed by atoms with Crippen molar-refractivity contribution in [3.63, 3.8) is 0 Å². The summed E-state index contributed by atoms with van der Waals surface area (Å²) in [5.74, 6) is 0.0350. The first-order valence-corrected chi connectivity index (χ1v) is 6.20. The van der Waals surface area contributed by atoms with E-state index in [1.807, 2.05) is 24.0 Å². The number of rotatable bonds is 2. The van der Waals surface area contributed by atoms with Crippen molar-refractivity contribution in [2.45, 2.75) is 39.2 Å². The van der Waals surface area contributed by atoms with Gasteiger partial charge in [0, 0.05) is 12.2 Å². The second-order valence-electron chi connectivity index (χ2n) is 4.63. The van der Waals surface area contributed by atoms with E-state index in [0.717, 1.165) is 17.7 Å². The summed E-state index contributed by atoms with van der Waals surface area (Å²) in [5.41, 5.74) is 3.38. The average molecular weight is 233 g/mol. The maximum Gasteiger partial charge on any atom is 0.229 e. The van der Waals surface area contributed by atoms with Crippen LogP contribution in [0.25, 0.3) is 0 Å². The van der Waals surface area contributed by atoms with Crippen molar-refractivity contribution in [3.05, 3.63) is 29.3 Å². The maximum absolute atomic E-state index is 12.0. The van der Waals surface area contributed by atoms with Crippen molar-refractivity contribution in [2.24, 2.45) is 0 Å². The van der Waals surface area contributed by atoms with Crippen molar-refractivity contribution in [2.75, 3.05) is 11.4 Å².